The van der Waals surface area contributed by atoms with E-state index < -0.39 is 0 Å². The number of hydrogen-bond donors (Lipinski definition) is 0. The molecule has 0 aromatic carbocycles. The number of hydrogen-bond acceptors (Lipinski definition) is 15. The third-order valence-electron chi connectivity index (χ3n) is 0. The zero-order valence-corrected chi connectivity index (χ0v) is 11.0. The monoisotopic (exact) mass is 297 g/mol. The topological polar surface area (TPSA) is 262 Å². The van der Waals surface area contributed by atoms with E-state index in [1.165, 1.54) is 0 Å². The molecule has 0 atom stereocenters. The van der Waals surface area contributed by atoms with E-state index in [4.69, 9.17) is 50.6 Å². The third kappa shape index (κ3) is 1660. The van der Waals surface area contributed by atoms with Crippen LogP contribution in [-0.2, 0) is 0 Å². The van der Waals surface area contributed by atoms with Crippen LogP contribution in [0.15, 0.2) is 26.7 Å². The molecule has 0 amide bonds. The second-order valence-corrected chi connectivity index (χ2v) is 0.373. The fourth-order valence-electron chi connectivity index (χ4n) is 0. The van der Waals surface area contributed by atoms with Crippen LogP contribution in [0.3, 0.4) is 0 Å². The first-order valence-electron chi connectivity index (χ1n) is 1.83. The molecule has 0 fully saturated rings. The molecule has 0 aromatic rings. The summed E-state index contributed by atoms with van der Waals surface area (Å²) in [4.78, 5) is 40.0. The van der Waals surface area contributed by atoms with Gasteiger partial charge in [0.2, 0.25) is 0 Å². The molecule has 17 heteroatoms. The Morgan fingerprint density at radius 2 is 0.471 bits per heavy atom. The summed E-state index contributed by atoms with van der Waals surface area (Å²) in [6.07, 6.45) is 0. The summed E-state index contributed by atoms with van der Waals surface area (Å²) in [5.41, 5.74) is 0. The van der Waals surface area contributed by atoms with Gasteiger partial charge in [0, 0.05) is 0 Å². The number of rotatable bonds is 0. The second-order valence-electron chi connectivity index (χ2n) is 0.373. The van der Waals surface area contributed by atoms with Crippen molar-refractivity contribution in [2.24, 2.45) is 26.7 Å². The fourth-order valence-corrected chi connectivity index (χ4v) is 0. The van der Waals surface area contributed by atoms with Crippen molar-refractivity contribution in [3.8, 4) is 0 Å². The smallest absolute Gasteiger partial charge is 0.444 e. The average molecular weight is 297 g/mol. The second kappa shape index (κ2) is 196. The molecule has 0 heterocycles. The van der Waals surface area contributed by atoms with Gasteiger partial charge in [-0.2, -0.15) is 0 Å². The molecule has 0 rings (SSSR count). The maximum Gasteiger partial charge on any atom is 3.00 e. The molecule has 0 aromatic heterocycles. The van der Waals surface area contributed by atoms with Crippen molar-refractivity contribution < 1.29 is 0 Å². The molecule has 90 valence electrons. The zero-order valence-electron chi connectivity index (χ0n) is 7.60. The Hall–Kier alpha value is -1.21. The van der Waals surface area contributed by atoms with Crippen molar-refractivity contribution in [2.75, 3.05) is 0 Å². The Morgan fingerprint density at radius 3 is 0.471 bits per heavy atom. The SMILES string of the molecule is O=N[O-].O=N[O-].O=N[O-].O=N[O-].O=N[O-].[Al+3].[Ca+2]. The molecule has 0 aliphatic carbocycles. The first-order valence-corrected chi connectivity index (χ1v) is 1.83. The largest absolute Gasteiger partial charge is 3.00 e. The summed E-state index contributed by atoms with van der Waals surface area (Å²) in [7, 11) is 0. The summed E-state index contributed by atoms with van der Waals surface area (Å²) in [5.74, 6) is 0. The summed E-state index contributed by atoms with van der Waals surface area (Å²) in [6, 6.07) is 0. The van der Waals surface area contributed by atoms with Gasteiger partial charge < -0.3 is 50.6 Å². The molecule has 0 aliphatic rings. The van der Waals surface area contributed by atoms with Gasteiger partial charge in [0.1, 0.15) is 0 Å². The molecule has 0 aliphatic heterocycles. The molecular weight excluding hydrogens is 297 g/mol. The first-order chi connectivity index (χ1) is 7.07. The van der Waals surface area contributed by atoms with Gasteiger partial charge in [-0.25, -0.2) is 0 Å². The van der Waals surface area contributed by atoms with Gasteiger partial charge in [0.25, 0.3) is 0 Å². The van der Waals surface area contributed by atoms with Gasteiger partial charge in [-0.15, -0.1) is 26.7 Å². The van der Waals surface area contributed by atoms with Crippen LogP contribution in [0.4, 0.5) is 0 Å². The molecular formula is AlCaN5O10. The van der Waals surface area contributed by atoms with Gasteiger partial charge in [0.15, 0.2) is 0 Å². The Balaban J connectivity index is -0.0000000143. The minimum Gasteiger partial charge on any atom is -0.444 e. The summed E-state index contributed by atoms with van der Waals surface area (Å²) in [6.45, 7) is 0. The maximum atomic E-state index is 8.00. The molecule has 0 saturated carbocycles. The van der Waals surface area contributed by atoms with Crippen molar-refractivity contribution >= 4 is 55.1 Å². The van der Waals surface area contributed by atoms with Crippen LogP contribution in [0.5, 0.6) is 0 Å². The number of nitrogens with zero attached hydrogens (tertiary/aromatic N) is 5. The van der Waals surface area contributed by atoms with E-state index in [0.717, 1.165) is 26.7 Å². The van der Waals surface area contributed by atoms with E-state index in [2.05, 4.69) is 0 Å². The normalized spacial score (nSPS) is 3.53. The summed E-state index contributed by atoms with van der Waals surface area (Å²) >= 11 is 0. The average Bonchev–Trinajstić information content (AvgIpc) is 2.09. The van der Waals surface area contributed by atoms with E-state index in [-0.39, 0.29) is 55.1 Å². The van der Waals surface area contributed by atoms with Gasteiger partial charge in [-0.1, -0.05) is 0 Å². The van der Waals surface area contributed by atoms with Crippen LogP contribution in [0.2, 0.25) is 0 Å². The minimum atomic E-state index is 0. The predicted molar refractivity (Wildman–Crippen MR) is 57.3 cm³/mol. The van der Waals surface area contributed by atoms with Crippen molar-refractivity contribution in [1.29, 1.82) is 0 Å². The minimum absolute atomic E-state index is 0. The molecule has 0 N–H and O–H groups in total. The van der Waals surface area contributed by atoms with Crippen molar-refractivity contribution in [2.45, 2.75) is 0 Å². The van der Waals surface area contributed by atoms with Crippen LogP contribution in [0, 0.1) is 50.6 Å². The van der Waals surface area contributed by atoms with E-state index in [1.54, 1.807) is 0 Å². The van der Waals surface area contributed by atoms with Crippen LogP contribution < -0.4 is 0 Å². The molecule has 0 unspecified atom stereocenters. The summed E-state index contributed by atoms with van der Waals surface area (Å²) in [5, 5.41) is 45.0. The third-order valence-corrected chi connectivity index (χ3v) is 0. The van der Waals surface area contributed by atoms with Gasteiger partial charge >= 0.3 is 55.1 Å². The van der Waals surface area contributed by atoms with E-state index in [1.807, 2.05) is 0 Å². The molecule has 15 nitrogen and oxygen atoms in total. The van der Waals surface area contributed by atoms with Crippen LogP contribution in [0.25, 0.3) is 0 Å². The van der Waals surface area contributed by atoms with Gasteiger partial charge in [-0.05, 0) is 0 Å². The van der Waals surface area contributed by atoms with E-state index in [9.17, 15) is 0 Å². The predicted octanol–water partition coefficient (Wildman–Crippen LogP) is 0.491. The van der Waals surface area contributed by atoms with E-state index >= 15 is 0 Å². The van der Waals surface area contributed by atoms with Crippen LogP contribution in [-0.4, -0.2) is 55.1 Å². The Kier molecular flexibility index (Phi) is 514. The first kappa shape index (κ1) is 44.7. The van der Waals surface area contributed by atoms with Crippen LogP contribution in [0.1, 0.15) is 0 Å². The van der Waals surface area contributed by atoms with Gasteiger partial charge in [-0.3, -0.25) is 0 Å². The standard InChI is InChI=1S/Al.Ca.5HNO2/c;;5*2-1-3/h;;5*(H,2,3)/q+3;+2;;;;;/p-5. The van der Waals surface area contributed by atoms with Crippen molar-refractivity contribution in [3.05, 3.63) is 50.6 Å². The quantitative estimate of drug-likeness (QED) is 0.338. The maximum absolute atomic E-state index is 8.00. The van der Waals surface area contributed by atoms with Crippen molar-refractivity contribution in [1.82, 2.24) is 0 Å². The molecule has 0 radical (unpaired) electrons. The van der Waals surface area contributed by atoms with Crippen molar-refractivity contribution in [3.63, 3.8) is 0 Å². The molecule has 0 bridgehead atoms. The Morgan fingerprint density at radius 1 is 0.471 bits per heavy atom. The zero-order chi connectivity index (χ0) is 13.5. The van der Waals surface area contributed by atoms with Gasteiger partial charge in [0.05, 0.1) is 0 Å². The van der Waals surface area contributed by atoms with Crippen LogP contribution >= 0.6 is 0 Å². The molecule has 17 heavy (non-hydrogen) atoms. The summed E-state index contributed by atoms with van der Waals surface area (Å²) < 4.78 is 0. The molecule has 0 spiro atoms. The Labute approximate surface area is 132 Å². The Bertz CT molecular complexity index is 97.0. The fraction of sp³-hybridized carbons (Fsp3) is 0. The van der Waals surface area contributed by atoms with E-state index in [0.29, 0.717) is 0 Å². The molecule has 0 saturated heterocycles.